The average Bonchev–Trinajstić information content (AvgIpc) is 2.66. The zero-order valence-corrected chi connectivity index (χ0v) is 10.5. The summed E-state index contributed by atoms with van der Waals surface area (Å²) in [6, 6.07) is 0.772. The number of hydrogen-bond donors (Lipinski definition) is 2. The molecule has 0 aromatic rings. The summed E-state index contributed by atoms with van der Waals surface area (Å²) in [7, 11) is 0. The van der Waals surface area contributed by atoms with Crippen molar-refractivity contribution in [3.8, 4) is 0 Å². The van der Waals surface area contributed by atoms with Gasteiger partial charge >= 0.3 is 5.97 Å². The molecule has 1 saturated heterocycles. The highest BCUT2D eigenvalue weighted by Crippen LogP contribution is 2.22. The van der Waals surface area contributed by atoms with Crippen LogP contribution in [0.25, 0.3) is 0 Å². The molecule has 2 N–H and O–H groups in total. The fraction of sp³-hybridized carbons (Fsp3) is 0.923. The molecule has 3 heteroatoms. The Labute approximate surface area is 98.6 Å². The molecule has 1 aliphatic rings. The highest BCUT2D eigenvalue weighted by molar-refractivity contribution is 5.67. The molecule has 0 radical (unpaired) electrons. The van der Waals surface area contributed by atoms with Crippen LogP contribution in [-0.2, 0) is 4.79 Å². The van der Waals surface area contributed by atoms with Crippen LogP contribution in [0.3, 0.4) is 0 Å². The highest BCUT2D eigenvalue weighted by Gasteiger charge is 2.25. The van der Waals surface area contributed by atoms with Gasteiger partial charge in [-0.05, 0) is 31.6 Å². The number of hydrogen-bond acceptors (Lipinski definition) is 2. The van der Waals surface area contributed by atoms with Gasteiger partial charge in [-0.15, -0.1) is 0 Å². The van der Waals surface area contributed by atoms with Crippen LogP contribution in [0.2, 0.25) is 0 Å². The van der Waals surface area contributed by atoms with E-state index in [1.165, 1.54) is 25.7 Å². The molecule has 1 aliphatic heterocycles. The summed E-state index contributed by atoms with van der Waals surface area (Å²) in [5, 5.41) is 12.2. The molecular weight excluding hydrogens is 202 g/mol. The predicted molar refractivity (Wildman–Crippen MR) is 65.5 cm³/mol. The van der Waals surface area contributed by atoms with E-state index >= 15 is 0 Å². The SMILES string of the molecule is CCC(CC)CCC1CC[C@H](CC(=O)O)N1. The van der Waals surface area contributed by atoms with Crippen LogP contribution >= 0.6 is 0 Å². The van der Waals surface area contributed by atoms with Crippen molar-refractivity contribution in [2.24, 2.45) is 5.92 Å². The first-order valence-electron chi connectivity index (χ1n) is 6.63. The Balaban J connectivity index is 2.18. The minimum atomic E-state index is -0.682. The second-order valence-electron chi connectivity index (χ2n) is 5.00. The molecule has 0 aliphatic carbocycles. The number of nitrogens with one attached hydrogen (secondary N) is 1. The summed E-state index contributed by atoms with van der Waals surface area (Å²) in [6.07, 6.45) is 7.48. The fourth-order valence-corrected chi connectivity index (χ4v) is 2.64. The van der Waals surface area contributed by atoms with E-state index in [9.17, 15) is 4.79 Å². The van der Waals surface area contributed by atoms with Crippen molar-refractivity contribution >= 4 is 5.97 Å². The Hall–Kier alpha value is -0.570. The van der Waals surface area contributed by atoms with E-state index < -0.39 is 5.97 Å². The van der Waals surface area contributed by atoms with Crippen molar-refractivity contribution in [3.05, 3.63) is 0 Å². The molecule has 3 nitrogen and oxygen atoms in total. The van der Waals surface area contributed by atoms with Crippen LogP contribution in [0.4, 0.5) is 0 Å². The van der Waals surface area contributed by atoms with Crippen molar-refractivity contribution in [2.45, 2.75) is 70.9 Å². The normalized spacial score (nSPS) is 25.2. The van der Waals surface area contributed by atoms with E-state index in [0.29, 0.717) is 6.04 Å². The lowest BCUT2D eigenvalue weighted by Gasteiger charge is -2.17. The molecule has 0 bridgehead atoms. The topological polar surface area (TPSA) is 49.3 Å². The molecule has 1 fully saturated rings. The summed E-state index contributed by atoms with van der Waals surface area (Å²) >= 11 is 0. The first-order valence-corrected chi connectivity index (χ1v) is 6.63. The molecule has 0 spiro atoms. The first-order chi connectivity index (χ1) is 7.65. The van der Waals surface area contributed by atoms with Gasteiger partial charge in [-0.1, -0.05) is 26.7 Å². The standard InChI is InChI=1S/C13H25NO2/c1-3-10(4-2)5-6-11-7-8-12(14-11)9-13(15)16/h10-12,14H,3-9H2,1-2H3,(H,15,16)/t11?,12-/m1/s1. The van der Waals surface area contributed by atoms with Gasteiger partial charge in [0.2, 0.25) is 0 Å². The van der Waals surface area contributed by atoms with E-state index in [4.69, 9.17) is 5.11 Å². The zero-order valence-electron chi connectivity index (χ0n) is 10.5. The summed E-state index contributed by atoms with van der Waals surface area (Å²) in [4.78, 5) is 10.6. The van der Waals surface area contributed by atoms with Gasteiger partial charge in [-0.25, -0.2) is 0 Å². The molecular formula is C13H25NO2. The average molecular weight is 227 g/mol. The highest BCUT2D eigenvalue weighted by atomic mass is 16.4. The molecule has 16 heavy (non-hydrogen) atoms. The van der Waals surface area contributed by atoms with Crippen molar-refractivity contribution in [1.29, 1.82) is 0 Å². The maximum atomic E-state index is 10.6. The number of carbonyl (C=O) groups is 1. The predicted octanol–water partition coefficient (Wildman–Crippen LogP) is 2.80. The van der Waals surface area contributed by atoms with Crippen LogP contribution in [0.5, 0.6) is 0 Å². The number of carboxylic acid groups (broad SMARTS) is 1. The lowest BCUT2D eigenvalue weighted by Crippen LogP contribution is -2.31. The Kier molecular flexibility index (Phi) is 5.81. The van der Waals surface area contributed by atoms with Crippen LogP contribution in [0, 0.1) is 5.92 Å². The number of carboxylic acids is 1. The van der Waals surface area contributed by atoms with Crippen molar-refractivity contribution in [1.82, 2.24) is 5.32 Å². The third-order valence-corrected chi connectivity index (χ3v) is 3.83. The zero-order chi connectivity index (χ0) is 12.0. The van der Waals surface area contributed by atoms with Gasteiger partial charge < -0.3 is 10.4 Å². The van der Waals surface area contributed by atoms with E-state index in [1.807, 2.05) is 0 Å². The second kappa shape index (κ2) is 6.89. The van der Waals surface area contributed by atoms with Crippen molar-refractivity contribution in [3.63, 3.8) is 0 Å². The molecule has 2 atom stereocenters. The maximum Gasteiger partial charge on any atom is 0.304 e. The monoisotopic (exact) mass is 227 g/mol. The summed E-state index contributed by atoms with van der Waals surface area (Å²) < 4.78 is 0. The number of aliphatic carboxylic acids is 1. The summed E-state index contributed by atoms with van der Waals surface area (Å²) in [6.45, 7) is 4.51. The maximum absolute atomic E-state index is 10.6. The van der Waals surface area contributed by atoms with Gasteiger partial charge in [-0.3, -0.25) is 4.79 Å². The smallest absolute Gasteiger partial charge is 0.304 e. The van der Waals surface area contributed by atoms with E-state index in [-0.39, 0.29) is 12.5 Å². The second-order valence-corrected chi connectivity index (χ2v) is 5.00. The molecule has 94 valence electrons. The van der Waals surface area contributed by atoms with E-state index in [0.717, 1.165) is 18.8 Å². The van der Waals surface area contributed by atoms with Crippen molar-refractivity contribution < 1.29 is 9.90 Å². The Morgan fingerprint density at radius 3 is 2.50 bits per heavy atom. The van der Waals surface area contributed by atoms with Crippen LogP contribution < -0.4 is 5.32 Å². The van der Waals surface area contributed by atoms with Gasteiger partial charge in [0.25, 0.3) is 0 Å². The quantitative estimate of drug-likeness (QED) is 0.703. The minimum Gasteiger partial charge on any atom is -0.481 e. The lowest BCUT2D eigenvalue weighted by atomic mass is 9.95. The van der Waals surface area contributed by atoms with E-state index in [1.54, 1.807) is 0 Å². The van der Waals surface area contributed by atoms with Crippen LogP contribution in [-0.4, -0.2) is 23.2 Å². The largest absolute Gasteiger partial charge is 0.481 e. The van der Waals surface area contributed by atoms with Gasteiger partial charge in [0.1, 0.15) is 0 Å². The van der Waals surface area contributed by atoms with Crippen LogP contribution in [0.15, 0.2) is 0 Å². The summed E-state index contributed by atoms with van der Waals surface area (Å²) in [5.74, 6) is 0.165. The van der Waals surface area contributed by atoms with Gasteiger partial charge in [0, 0.05) is 12.1 Å². The fourth-order valence-electron chi connectivity index (χ4n) is 2.64. The molecule has 1 unspecified atom stereocenters. The third-order valence-electron chi connectivity index (χ3n) is 3.83. The minimum absolute atomic E-state index is 0.212. The van der Waals surface area contributed by atoms with Crippen molar-refractivity contribution in [2.75, 3.05) is 0 Å². The molecule has 0 amide bonds. The van der Waals surface area contributed by atoms with Gasteiger partial charge in [0.05, 0.1) is 6.42 Å². The van der Waals surface area contributed by atoms with Gasteiger partial charge in [-0.2, -0.15) is 0 Å². The molecule has 0 aromatic heterocycles. The molecule has 1 rings (SSSR count). The summed E-state index contributed by atoms with van der Waals surface area (Å²) in [5.41, 5.74) is 0. The van der Waals surface area contributed by atoms with Gasteiger partial charge in [0.15, 0.2) is 0 Å². The Morgan fingerprint density at radius 1 is 1.31 bits per heavy atom. The Morgan fingerprint density at radius 2 is 1.94 bits per heavy atom. The lowest BCUT2D eigenvalue weighted by molar-refractivity contribution is -0.137. The van der Waals surface area contributed by atoms with Crippen LogP contribution in [0.1, 0.15) is 58.8 Å². The molecule has 0 saturated carbocycles. The number of rotatable bonds is 7. The molecule has 0 aromatic carbocycles. The van der Waals surface area contributed by atoms with E-state index in [2.05, 4.69) is 19.2 Å². The molecule has 1 heterocycles. The third kappa shape index (κ3) is 4.52. The Bertz CT molecular complexity index is 214. The first kappa shape index (κ1) is 13.5.